The fourth-order valence-electron chi connectivity index (χ4n) is 0.735. The van der Waals surface area contributed by atoms with Gasteiger partial charge in [0.15, 0.2) is 6.10 Å². The van der Waals surface area contributed by atoms with Gasteiger partial charge in [-0.1, -0.05) is 0 Å². The van der Waals surface area contributed by atoms with Crippen molar-refractivity contribution in [3.8, 4) is 0 Å². The number of carbonyl (C=O) groups excluding carboxylic acids is 1. The molecular weight excluding hydrogens is 194 g/mol. The Kier molecular flexibility index (Phi) is 5.22. The van der Waals surface area contributed by atoms with Crippen molar-refractivity contribution in [2.45, 2.75) is 24.4 Å². The molecule has 0 aliphatic heterocycles. The van der Waals surface area contributed by atoms with Gasteiger partial charge in [-0.3, -0.25) is 0 Å². The van der Waals surface area contributed by atoms with Gasteiger partial charge in [0.05, 0.1) is 13.2 Å². The first-order valence-electron chi connectivity index (χ1n) is 3.70. The van der Waals surface area contributed by atoms with Crippen LogP contribution in [0.5, 0.6) is 0 Å². The van der Waals surface area contributed by atoms with Gasteiger partial charge in [0.25, 0.3) is 0 Å². The molecule has 14 heavy (non-hydrogen) atoms. The molecule has 0 aliphatic carbocycles. The van der Waals surface area contributed by atoms with Crippen LogP contribution in [0.3, 0.4) is 0 Å². The first-order valence-corrected chi connectivity index (χ1v) is 3.70. The number of carbonyl (C=O) groups is 1. The van der Waals surface area contributed by atoms with E-state index in [-0.39, 0.29) is 0 Å². The maximum atomic E-state index is 10.5. The molecule has 4 atom stereocenters. The molecule has 0 bridgehead atoms. The molecule has 0 unspecified atom stereocenters. The van der Waals surface area contributed by atoms with Gasteiger partial charge in [-0.05, 0) is 0 Å². The van der Waals surface area contributed by atoms with Gasteiger partial charge in [-0.25, -0.2) is 0 Å². The molecule has 0 spiro atoms. The van der Waals surface area contributed by atoms with Gasteiger partial charge in [-0.15, -0.1) is 0 Å². The first-order chi connectivity index (χ1) is 6.45. The number of rotatable bonds is 5. The fraction of sp³-hybridized carbons (Fsp3) is 0.714. The zero-order chi connectivity index (χ0) is 11.3. The normalized spacial score (nSPS) is 19.1. The first kappa shape index (κ1) is 13.0. The summed E-state index contributed by atoms with van der Waals surface area (Å²) in [6.45, 7) is 5.40. The lowest BCUT2D eigenvalue weighted by Gasteiger charge is -2.23. The van der Waals surface area contributed by atoms with E-state index in [1.54, 1.807) is 0 Å². The van der Waals surface area contributed by atoms with Crippen molar-refractivity contribution < 1.29 is 30.3 Å². The van der Waals surface area contributed by atoms with Crippen LogP contribution in [-0.4, -0.2) is 62.5 Å². The molecule has 0 rings (SSSR count). The smallest absolute Gasteiger partial charge is 0.386 e. The molecule has 0 saturated heterocycles. The Hall–Kier alpha value is -1.04. The van der Waals surface area contributed by atoms with E-state index in [1.807, 2.05) is 0 Å². The number of hydrogen-bond donors (Lipinski definition) is 5. The highest BCUT2D eigenvalue weighted by Gasteiger charge is 2.34. The minimum absolute atomic E-state index is 0.836. The molecule has 0 radical (unpaired) electrons. The third-order valence-corrected chi connectivity index (χ3v) is 1.62. The molecule has 80 valence electrons. The largest absolute Gasteiger partial charge is 0.394 e. The summed E-state index contributed by atoms with van der Waals surface area (Å²) in [5.74, 6) is -1.35. The van der Waals surface area contributed by atoms with Crippen molar-refractivity contribution in [1.82, 2.24) is 0 Å². The van der Waals surface area contributed by atoms with Gasteiger partial charge in [0.2, 0.25) is 0 Å². The summed E-state index contributed by atoms with van der Waals surface area (Å²) in [4.78, 5) is 12.9. The number of aliphatic hydroxyl groups excluding tert-OH is 5. The summed E-state index contributed by atoms with van der Waals surface area (Å²) in [5, 5.41) is 44.2. The van der Waals surface area contributed by atoms with E-state index in [1.165, 1.54) is 0 Å². The Morgan fingerprint density at radius 2 is 1.71 bits per heavy atom. The molecule has 0 aliphatic rings. The van der Waals surface area contributed by atoms with Crippen molar-refractivity contribution in [3.63, 3.8) is 0 Å². The van der Waals surface area contributed by atoms with E-state index in [0.29, 0.717) is 0 Å². The summed E-state index contributed by atoms with van der Waals surface area (Å²) < 4.78 is 0. The van der Waals surface area contributed by atoms with Gasteiger partial charge in [-0.2, -0.15) is 4.85 Å². The Labute approximate surface area is 79.7 Å². The van der Waals surface area contributed by atoms with Crippen molar-refractivity contribution in [3.05, 3.63) is 11.4 Å². The average Bonchev–Trinajstić information content (AvgIpc) is 2.23. The molecule has 0 aromatic heterocycles. The highest BCUT2D eigenvalue weighted by molar-refractivity contribution is 5.90. The van der Waals surface area contributed by atoms with E-state index in [0.717, 1.165) is 0 Å². The van der Waals surface area contributed by atoms with E-state index in [4.69, 9.17) is 32.1 Å². The van der Waals surface area contributed by atoms with E-state index in [2.05, 4.69) is 4.85 Å². The molecular formula is C7H11NO6. The summed E-state index contributed by atoms with van der Waals surface area (Å²) in [6.07, 6.45) is -7.67. The molecule has 0 aromatic rings. The van der Waals surface area contributed by atoms with Crippen LogP contribution in [-0.2, 0) is 4.79 Å². The van der Waals surface area contributed by atoms with Gasteiger partial charge >= 0.3 is 5.91 Å². The minimum Gasteiger partial charge on any atom is -0.394 e. The van der Waals surface area contributed by atoms with Crippen LogP contribution in [0.4, 0.5) is 0 Å². The van der Waals surface area contributed by atoms with Crippen molar-refractivity contribution in [2.75, 3.05) is 6.61 Å². The Bertz CT molecular complexity index is 237. The predicted octanol–water partition coefficient (Wildman–Crippen LogP) is -3.13. The van der Waals surface area contributed by atoms with Crippen LogP contribution < -0.4 is 0 Å². The highest BCUT2D eigenvalue weighted by Crippen LogP contribution is 2.06. The Morgan fingerprint density at radius 3 is 2.07 bits per heavy atom. The monoisotopic (exact) mass is 205 g/mol. The standard InChI is InChI=1S/C7H11NO6/c1-8-7(14)6(13)5(12)4(11)3(10)2-9/h3-6,9-13H,2H2/t3-,4-,5+,6-/m1/s1. The summed E-state index contributed by atoms with van der Waals surface area (Å²) in [6, 6.07) is 0. The molecule has 7 nitrogen and oxygen atoms in total. The quantitative estimate of drug-likeness (QED) is 0.302. The molecule has 0 aromatic carbocycles. The summed E-state index contributed by atoms with van der Waals surface area (Å²) in [7, 11) is 0. The zero-order valence-electron chi connectivity index (χ0n) is 7.11. The van der Waals surface area contributed by atoms with Crippen molar-refractivity contribution in [2.24, 2.45) is 0 Å². The molecule has 7 heteroatoms. The molecule has 1 amide bonds. The lowest BCUT2D eigenvalue weighted by atomic mass is 10.0. The molecule has 5 N–H and O–H groups in total. The van der Waals surface area contributed by atoms with E-state index < -0.39 is 36.9 Å². The second-order valence-electron chi connectivity index (χ2n) is 2.63. The number of nitrogens with zero attached hydrogens (tertiary/aromatic N) is 1. The topological polar surface area (TPSA) is 123 Å². The predicted molar refractivity (Wildman–Crippen MR) is 42.7 cm³/mol. The highest BCUT2D eigenvalue weighted by atomic mass is 16.4. The van der Waals surface area contributed by atoms with Crippen molar-refractivity contribution in [1.29, 1.82) is 0 Å². The lowest BCUT2D eigenvalue weighted by Crippen LogP contribution is -2.48. The summed E-state index contributed by atoms with van der Waals surface area (Å²) in [5.41, 5.74) is 0. The molecule has 0 fully saturated rings. The molecule has 0 heterocycles. The number of hydrogen-bond acceptors (Lipinski definition) is 6. The summed E-state index contributed by atoms with van der Waals surface area (Å²) >= 11 is 0. The lowest BCUT2D eigenvalue weighted by molar-refractivity contribution is -0.143. The zero-order valence-corrected chi connectivity index (χ0v) is 7.11. The Morgan fingerprint density at radius 1 is 1.21 bits per heavy atom. The van der Waals surface area contributed by atoms with Gasteiger partial charge in [0, 0.05) is 0 Å². The van der Waals surface area contributed by atoms with Crippen LogP contribution in [0.25, 0.3) is 4.85 Å². The average molecular weight is 205 g/mol. The third kappa shape index (κ3) is 3.02. The van der Waals surface area contributed by atoms with Crippen LogP contribution in [0, 0.1) is 6.57 Å². The maximum absolute atomic E-state index is 10.5. The second kappa shape index (κ2) is 5.64. The van der Waals surface area contributed by atoms with Crippen LogP contribution in [0.15, 0.2) is 0 Å². The molecule has 0 saturated carbocycles. The van der Waals surface area contributed by atoms with Crippen LogP contribution in [0.2, 0.25) is 0 Å². The van der Waals surface area contributed by atoms with Crippen LogP contribution in [0.1, 0.15) is 0 Å². The third-order valence-electron chi connectivity index (χ3n) is 1.62. The second-order valence-corrected chi connectivity index (χ2v) is 2.63. The SMILES string of the molecule is [C-]#[N+]C(=O)[C@H](O)[C@@H](O)[C@H](O)[C@H](O)CO. The van der Waals surface area contributed by atoms with E-state index >= 15 is 0 Å². The minimum atomic E-state index is -2.09. The number of aliphatic hydroxyl groups is 5. The fourth-order valence-corrected chi connectivity index (χ4v) is 0.735. The Balaban J connectivity index is 4.39. The van der Waals surface area contributed by atoms with Gasteiger partial charge in [0.1, 0.15) is 18.3 Å². The van der Waals surface area contributed by atoms with Crippen molar-refractivity contribution >= 4 is 5.91 Å². The maximum Gasteiger partial charge on any atom is 0.386 e. The number of amides is 1. The van der Waals surface area contributed by atoms with Crippen LogP contribution >= 0.6 is 0 Å². The van der Waals surface area contributed by atoms with E-state index in [9.17, 15) is 4.79 Å². The van der Waals surface area contributed by atoms with Gasteiger partial charge < -0.3 is 30.3 Å².